The molecule has 0 heterocycles. The van der Waals surface area contributed by atoms with E-state index in [2.05, 4.69) is 12.9 Å². The minimum atomic E-state index is -0.773. The highest BCUT2D eigenvalue weighted by Gasteiger charge is 2.01. The minimum absolute atomic E-state index is 0.289. The van der Waals surface area contributed by atoms with E-state index < -0.39 is 11.6 Å². The molecule has 0 aliphatic heterocycles. The van der Waals surface area contributed by atoms with Crippen molar-refractivity contribution in [3.63, 3.8) is 0 Å². The summed E-state index contributed by atoms with van der Waals surface area (Å²) in [5.41, 5.74) is 0.868. The molecule has 0 fully saturated rings. The smallest absolute Gasteiger partial charge is 0.306 e. The first-order valence-electron chi connectivity index (χ1n) is 3.24. The average Bonchev–Trinajstić information content (AvgIpc) is 1.98. The highest BCUT2D eigenvalue weighted by molar-refractivity contribution is 9.23. The zero-order valence-electron chi connectivity index (χ0n) is 5.78. The van der Waals surface area contributed by atoms with Gasteiger partial charge in [-0.2, -0.15) is 0 Å². The molecule has 0 aromatic heterocycles. The number of benzene rings is 1. The molecular weight excluding hydrogens is 226 g/mol. The van der Waals surface area contributed by atoms with E-state index in [0.29, 0.717) is 0 Å². The summed E-state index contributed by atoms with van der Waals surface area (Å²) in [6.45, 7) is 0. The number of rotatable bonds is 2. The highest BCUT2D eigenvalue weighted by atomic mass is 79.9. The zero-order valence-corrected chi connectivity index (χ0v) is 8.78. The Labute approximate surface area is 79.6 Å². The molecule has 11 heavy (non-hydrogen) atoms. The van der Waals surface area contributed by atoms with Gasteiger partial charge in [0.05, 0.1) is 0 Å². The fourth-order valence-corrected chi connectivity index (χ4v) is 2.71. The summed E-state index contributed by atoms with van der Waals surface area (Å²) in [7, 11) is 0. The van der Waals surface area contributed by atoms with Crippen LogP contribution in [0, 0.1) is 11.6 Å². The van der Waals surface area contributed by atoms with Crippen molar-refractivity contribution >= 4 is 31.1 Å². The van der Waals surface area contributed by atoms with Crippen molar-refractivity contribution in [2.75, 3.05) is 0 Å². The van der Waals surface area contributed by atoms with E-state index in [1.165, 1.54) is 12.1 Å². The first kappa shape index (κ1) is 9.41. The van der Waals surface area contributed by atoms with E-state index in [1.807, 2.05) is 0 Å². The van der Waals surface area contributed by atoms with Crippen LogP contribution in [0.1, 0.15) is 5.56 Å². The predicted octanol–water partition coefficient (Wildman–Crippen LogP) is 2.48. The fraction of sp³-hybridized carbons (Fsp3) is 0.143. The SMILES string of the molecule is Fc1ccc([CH2][Mg][Br])cc1F. The lowest BCUT2D eigenvalue weighted by molar-refractivity contribution is 0.507. The van der Waals surface area contributed by atoms with Gasteiger partial charge in [-0.15, -0.1) is 4.55 Å². The summed E-state index contributed by atoms with van der Waals surface area (Å²) in [5.74, 6) is -1.53. The first-order chi connectivity index (χ1) is 5.24. The molecule has 1 aromatic rings. The van der Waals surface area contributed by atoms with Crippen molar-refractivity contribution in [2.45, 2.75) is 4.55 Å². The summed E-state index contributed by atoms with van der Waals surface area (Å²) >= 11 is 3.06. The summed E-state index contributed by atoms with van der Waals surface area (Å²) in [6, 6.07) is 4.04. The maximum atomic E-state index is 12.5. The van der Waals surface area contributed by atoms with Gasteiger partial charge in [0.25, 0.3) is 0 Å². The van der Waals surface area contributed by atoms with Crippen molar-refractivity contribution < 1.29 is 8.78 Å². The third kappa shape index (κ3) is 2.69. The van der Waals surface area contributed by atoms with Crippen molar-refractivity contribution in [1.29, 1.82) is 0 Å². The topological polar surface area (TPSA) is 0 Å². The molecule has 0 aliphatic rings. The van der Waals surface area contributed by atoms with Crippen LogP contribution in [0.5, 0.6) is 0 Å². The molecule has 0 radical (unpaired) electrons. The highest BCUT2D eigenvalue weighted by Crippen LogP contribution is 2.08. The Morgan fingerprint density at radius 2 is 2.00 bits per heavy atom. The van der Waals surface area contributed by atoms with Gasteiger partial charge in [0.2, 0.25) is 0 Å². The first-order valence-corrected chi connectivity index (χ1v) is 8.14. The molecule has 0 saturated heterocycles. The van der Waals surface area contributed by atoms with Crippen molar-refractivity contribution in [2.24, 2.45) is 0 Å². The van der Waals surface area contributed by atoms with Crippen LogP contribution < -0.4 is 0 Å². The van der Waals surface area contributed by atoms with Crippen LogP contribution in [-0.2, 0) is 4.55 Å². The molecule has 0 saturated carbocycles. The molecule has 0 unspecified atom stereocenters. The lowest BCUT2D eigenvalue weighted by Crippen LogP contribution is -1.91. The number of halogens is 3. The Morgan fingerprint density at radius 3 is 2.55 bits per heavy atom. The number of hydrogen-bond donors (Lipinski definition) is 0. The monoisotopic (exact) mass is 230 g/mol. The second-order valence-electron chi connectivity index (χ2n) is 2.19. The second kappa shape index (κ2) is 4.38. The molecule has 56 valence electrons. The molecule has 0 N–H and O–H groups in total. The van der Waals surface area contributed by atoms with Crippen LogP contribution in [0.4, 0.5) is 8.78 Å². The van der Waals surface area contributed by atoms with E-state index in [4.69, 9.17) is 0 Å². The summed E-state index contributed by atoms with van der Waals surface area (Å²) < 4.78 is 25.7. The van der Waals surface area contributed by atoms with Gasteiger partial charge < -0.3 is 12.9 Å². The van der Waals surface area contributed by atoms with Crippen LogP contribution in [0.2, 0.25) is 0 Å². The van der Waals surface area contributed by atoms with Gasteiger partial charge in [0.1, 0.15) is 0 Å². The van der Waals surface area contributed by atoms with E-state index in [0.717, 1.165) is 10.1 Å². The average molecular weight is 231 g/mol. The summed E-state index contributed by atoms with van der Waals surface area (Å²) in [4.78, 5) is 0. The van der Waals surface area contributed by atoms with Crippen molar-refractivity contribution in [1.82, 2.24) is 0 Å². The molecular formula is C7H5BrF2Mg. The molecule has 0 aliphatic carbocycles. The molecule has 4 heteroatoms. The van der Waals surface area contributed by atoms with Crippen LogP contribution in [0.3, 0.4) is 0 Å². The van der Waals surface area contributed by atoms with E-state index in [9.17, 15) is 8.78 Å². The maximum absolute atomic E-state index is 12.5. The molecule has 1 rings (SSSR count). The Morgan fingerprint density at radius 1 is 1.27 bits per heavy atom. The molecule has 0 spiro atoms. The largest absolute Gasteiger partial charge is 0.473 e. The summed E-state index contributed by atoms with van der Waals surface area (Å²) in [5, 5.41) is 0. The van der Waals surface area contributed by atoms with E-state index in [1.54, 1.807) is 6.07 Å². The molecule has 0 atom stereocenters. The molecule has 0 nitrogen and oxygen atoms in total. The maximum Gasteiger partial charge on any atom is 0.473 e. The quantitative estimate of drug-likeness (QED) is 0.686. The summed E-state index contributed by atoms with van der Waals surface area (Å²) in [6.07, 6.45) is 0. The molecule has 0 amide bonds. The minimum Gasteiger partial charge on any atom is -0.306 e. The molecule has 1 aromatic carbocycles. The Balaban J connectivity index is 2.86. The van der Waals surface area contributed by atoms with Gasteiger partial charge in [0.15, 0.2) is 11.6 Å². The van der Waals surface area contributed by atoms with Crippen LogP contribution >= 0.6 is 12.9 Å². The van der Waals surface area contributed by atoms with Crippen LogP contribution in [0.15, 0.2) is 18.2 Å². The standard InChI is InChI=1S/C7H5F2.BrH.Mg/c1-5-2-3-6(8)7(9)4-5;;/h2-4H,1H2;1H;/q;;+1/p-1. The van der Waals surface area contributed by atoms with E-state index >= 15 is 0 Å². The lowest BCUT2D eigenvalue weighted by Gasteiger charge is -1.97. The normalized spacial score (nSPS) is 9.36. The fourth-order valence-electron chi connectivity index (χ4n) is 0.804. The zero-order chi connectivity index (χ0) is 8.27. The van der Waals surface area contributed by atoms with Gasteiger partial charge in [-0.25, -0.2) is 8.78 Å². The van der Waals surface area contributed by atoms with Gasteiger partial charge in [-0.05, 0) is 12.1 Å². The third-order valence-corrected chi connectivity index (χ3v) is 3.32. The third-order valence-electron chi connectivity index (χ3n) is 1.37. The van der Waals surface area contributed by atoms with Gasteiger partial charge in [-0.3, -0.25) is 0 Å². The Bertz CT molecular complexity index is 252. The van der Waals surface area contributed by atoms with Crippen LogP contribution in [0.25, 0.3) is 0 Å². The van der Waals surface area contributed by atoms with Gasteiger partial charge in [0, 0.05) is 0 Å². The Kier molecular flexibility index (Phi) is 3.75. The Hall–Kier alpha value is 0.326. The van der Waals surface area contributed by atoms with Crippen molar-refractivity contribution in [3.8, 4) is 0 Å². The van der Waals surface area contributed by atoms with Gasteiger partial charge >= 0.3 is 18.2 Å². The molecule has 0 bridgehead atoms. The second-order valence-corrected chi connectivity index (χ2v) is 5.44. The van der Waals surface area contributed by atoms with Gasteiger partial charge in [-0.1, -0.05) is 11.6 Å². The van der Waals surface area contributed by atoms with Crippen LogP contribution in [-0.4, -0.2) is 18.2 Å². The number of hydrogen-bond acceptors (Lipinski definition) is 0. The lowest BCUT2D eigenvalue weighted by atomic mass is 10.2. The van der Waals surface area contributed by atoms with E-state index in [-0.39, 0.29) is 18.2 Å². The van der Waals surface area contributed by atoms with Crippen molar-refractivity contribution in [3.05, 3.63) is 35.4 Å². The predicted molar refractivity (Wildman–Crippen MR) is 44.7 cm³/mol.